The van der Waals surface area contributed by atoms with Gasteiger partial charge in [0, 0.05) is 25.1 Å². The van der Waals surface area contributed by atoms with Crippen LogP contribution < -0.4 is 5.32 Å². The first-order valence-corrected chi connectivity index (χ1v) is 6.74. The van der Waals surface area contributed by atoms with E-state index in [2.05, 4.69) is 21.4 Å². The zero-order valence-electron chi connectivity index (χ0n) is 11.4. The molecule has 3 aromatic rings. The molecule has 0 atom stereocenters. The number of pyridine rings is 1. The van der Waals surface area contributed by atoms with E-state index in [0.29, 0.717) is 12.2 Å². The van der Waals surface area contributed by atoms with E-state index in [1.165, 1.54) is 0 Å². The minimum absolute atomic E-state index is 0.102. The summed E-state index contributed by atoms with van der Waals surface area (Å²) in [6.45, 7) is 0.497. The van der Waals surface area contributed by atoms with Gasteiger partial charge in [-0.25, -0.2) is 0 Å². The first-order chi connectivity index (χ1) is 10.3. The summed E-state index contributed by atoms with van der Waals surface area (Å²) < 4.78 is 0. The van der Waals surface area contributed by atoms with Gasteiger partial charge in [0.05, 0.1) is 0 Å². The fraction of sp³-hybridized carbons (Fsp3) is 0.0588. The van der Waals surface area contributed by atoms with Gasteiger partial charge in [-0.05, 0) is 47.0 Å². The number of hydrogen-bond donors (Lipinski definition) is 2. The Hall–Kier alpha value is -2.88. The molecule has 0 aliphatic heterocycles. The molecule has 2 heterocycles. The van der Waals surface area contributed by atoms with Gasteiger partial charge < -0.3 is 10.3 Å². The molecule has 2 aromatic heterocycles. The maximum Gasteiger partial charge on any atom is 0.267 e. The molecule has 104 valence electrons. The number of H-pyrrole nitrogens is 1. The summed E-state index contributed by atoms with van der Waals surface area (Å²) in [5.74, 6) is -0.102. The largest absolute Gasteiger partial charge is 0.357 e. The third-order valence-electron chi connectivity index (χ3n) is 3.24. The Kier molecular flexibility index (Phi) is 3.78. The molecule has 4 nitrogen and oxygen atoms in total. The number of nitrogens with one attached hydrogen (secondary N) is 2. The highest BCUT2D eigenvalue weighted by molar-refractivity contribution is 5.92. The van der Waals surface area contributed by atoms with Gasteiger partial charge in [0.1, 0.15) is 5.69 Å². The zero-order chi connectivity index (χ0) is 14.5. The summed E-state index contributed by atoms with van der Waals surface area (Å²) in [4.78, 5) is 18.8. The van der Waals surface area contributed by atoms with E-state index in [1.807, 2.05) is 30.3 Å². The first-order valence-electron chi connectivity index (χ1n) is 6.74. The number of rotatable bonds is 4. The molecule has 0 radical (unpaired) electrons. The Bertz CT molecular complexity index is 721. The molecule has 0 unspecified atom stereocenters. The van der Waals surface area contributed by atoms with Crippen molar-refractivity contribution in [2.45, 2.75) is 6.54 Å². The molecule has 0 aliphatic carbocycles. The van der Waals surface area contributed by atoms with Crippen molar-refractivity contribution in [3.63, 3.8) is 0 Å². The second-order valence-corrected chi connectivity index (χ2v) is 4.70. The minimum Gasteiger partial charge on any atom is -0.357 e. The number of benzene rings is 1. The molecule has 4 heteroatoms. The first kappa shape index (κ1) is 13.1. The lowest BCUT2D eigenvalue weighted by atomic mass is 10.0. The van der Waals surface area contributed by atoms with E-state index in [-0.39, 0.29) is 5.91 Å². The highest BCUT2D eigenvalue weighted by Crippen LogP contribution is 2.19. The van der Waals surface area contributed by atoms with Crippen LogP contribution in [0.4, 0.5) is 0 Å². The van der Waals surface area contributed by atoms with Crippen LogP contribution in [0.1, 0.15) is 16.1 Å². The number of carbonyl (C=O) groups excluding carboxylic acids is 1. The van der Waals surface area contributed by atoms with Gasteiger partial charge in [-0.1, -0.05) is 18.2 Å². The third kappa shape index (κ3) is 3.17. The molecule has 3 rings (SSSR count). The van der Waals surface area contributed by atoms with Crippen LogP contribution in [0.5, 0.6) is 0 Å². The Balaban J connectivity index is 1.71. The number of aromatic nitrogens is 2. The van der Waals surface area contributed by atoms with Gasteiger partial charge in [-0.2, -0.15) is 0 Å². The maximum atomic E-state index is 11.9. The Morgan fingerprint density at radius 2 is 1.90 bits per heavy atom. The quantitative estimate of drug-likeness (QED) is 0.770. The summed E-state index contributed by atoms with van der Waals surface area (Å²) in [6, 6.07) is 15.6. The van der Waals surface area contributed by atoms with Crippen LogP contribution in [-0.2, 0) is 6.54 Å². The molecule has 0 spiro atoms. The van der Waals surface area contributed by atoms with Crippen LogP contribution in [0, 0.1) is 0 Å². The lowest BCUT2D eigenvalue weighted by molar-refractivity contribution is 0.0946. The lowest BCUT2D eigenvalue weighted by Gasteiger charge is -2.07. The van der Waals surface area contributed by atoms with Gasteiger partial charge in [0.2, 0.25) is 0 Å². The van der Waals surface area contributed by atoms with E-state index in [0.717, 1.165) is 16.7 Å². The molecule has 0 saturated heterocycles. The predicted molar refractivity (Wildman–Crippen MR) is 81.6 cm³/mol. The summed E-state index contributed by atoms with van der Waals surface area (Å²) in [5, 5.41) is 2.90. The molecule has 1 amide bonds. The maximum absolute atomic E-state index is 11.9. The fourth-order valence-electron chi connectivity index (χ4n) is 2.15. The summed E-state index contributed by atoms with van der Waals surface area (Å²) in [6.07, 6.45) is 5.28. The van der Waals surface area contributed by atoms with E-state index >= 15 is 0 Å². The third-order valence-corrected chi connectivity index (χ3v) is 3.24. The standard InChI is InChI=1S/C17H15N3O/c21-17(16-5-2-8-19-16)20-12-13-3-1-4-15(11-13)14-6-9-18-10-7-14/h1-11,19H,12H2,(H,20,21). The highest BCUT2D eigenvalue weighted by Gasteiger charge is 2.05. The van der Waals surface area contributed by atoms with E-state index in [1.54, 1.807) is 30.7 Å². The topological polar surface area (TPSA) is 57.8 Å². The van der Waals surface area contributed by atoms with Crippen LogP contribution in [0.2, 0.25) is 0 Å². The van der Waals surface area contributed by atoms with Crippen LogP contribution in [0.15, 0.2) is 67.1 Å². The number of hydrogen-bond acceptors (Lipinski definition) is 2. The molecule has 0 saturated carbocycles. The van der Waals surface area contributed by atoms with E-state index in [4.69, 9.17) is 0 Å². The van der Waals surface area contributed by atoms with E-state index < -0.39 is 0 Å². The lowest BCUT2D eigenvalue weighted by Crippen LogP contribution is -2.22. The minimum atomic E-state index is -0.102. The molecular formula is C17H15N3O. The highest BCUT2D eigenvalue weighted by atomic mass is 16.1. The number of aromatic amines is 1. The number of nitrogens with zero attached hydrogens (tertiary/aromatic N) is 1. The molecule has 21 heavy (non-hydrogen) atoms. The van der Waals surface area contributed by atoms with Crippen molar-refractivity contribution in [1.82, 2.24) is 15.3 Å². The van der Waals surface area contributed by atoms with Gasteiger partial charge in [-0.15, -0.1) is 0 Å². The van der Waals surface area contributed by atoms with Gasteiger partial charge >= 0.3 is 0 Å². The van der Waals surface area contributed by atoms with Crippen LogP contribution in [0.25, 0.3) is 11.1 Å². The molecule has 1 aromatic carbocycles. The normalized spacial score (nSPS) is 10.3. The van der Waals surface area contributed by atoms with Crippen LogP contribution in [-0.4, -0.2) is 15.9 Å². The molecule has 0 fully saturated rings. The summed E-state index contributed by atoms with van der Waals surface area (Å²) >= 11 is 0. The van der Waals surface area contributed by atoms with Gasteiger partial charge in [0.15, 0.2) is 0 Å². The summed E-state index contributed by atoms with van der Waals surface area (Å²) in [5.41, 5.74) is 3.86. The monoisotopic (exact) mass is 277 g/mol. The molecule has 0 bridgehead atoms. The number of carbonyl (C=O) groups is 1. The summed E-state index contributed by atoms with van der Waals surface area (Å²) in [7, 11) is 0. The Morgan fingerprint density at radius 3 is 2.67 bits per heavy atom. The molecular weight excluding hydrogens is 262 g/mol. The van der Waals surface area contributed by atoms with Crippen molar-refractivity contribution in [3.8, 4) is 11.1 Å². The number of amides is 1. The van der Waals surface area contributed by atoms with E-state index in [9.17, 15) is 4.79 Å². The SMILES string of the molecule is O=C(NCc1cccc(-c2ccncc2)c1)c1ccc[nH]1. The van der Waals surface area contributed by atoms with Crippen molar-refractivity contribution < 1.29 is 4.79 Å². The zero-order valence-corrected chi connectivity index (χ0v) is 11.4. The Labute approximate surface area is 122 Å². The second-order valence-electron chi connectivity index (χ2n) is 4.70. The fourth-order valence-corrected chi connectivity index (χ4v) is 2.15. The second kappa shape index (κ2) is 6.05. The smallest absolute Gasteiger partial charge is 0.267 e. The average Bonchev–Trinajstić information content (AvgIpc) is 3.08. The van der Waals surface area contributed by atoms with Crippen molar-refractivity contribution >= 4 is 5.91 Å². The van der Waals surface area contributed by atoms with Gasteiger partial charge in [-0.3, -0.25) is 9.78 Å². The molecule has 0 aliphatic rings. The van der Waals surface area contributed by atoms with Crippen molar-refractivity contribution in [3.05, 3.63) is 78.4 Å². The van der Waals surface area contributed by atoms with Crippen molar-refractivity contribution in [2.75, 3.05) is 0 Å². The molecule has 2 N–H and O–H groups in total. The van der Waals surface area contributed by atoms with Crippen LogP contribution >= 0.6 is 0 Å². The Morgan fingerprint density at radius 1 is 1.05 bits per heavy atom. The van der Waals surface area contributed by atoms with Gasteiger partial charge in [0.25, 0.3) is 5.91 Å². The van der Waals surface area contributed by atoms with Crippen molar-refractivity contribution in [1.29, 1.82) is 0 Å². The predicted octanol–water partition coefficient (Wildman–Crippen LogP) is 3.01. The average molecular weight is 277 g/mol. The van der Waals surface area contributed by atoms with Crippen LogP contribution in [0.3, 0.4) is 0 Å². The van der Waals surface area contributed by atoms with Crippen molar-refractivity contribution in [2.24, 2.45) is 0 Å².